The molecule has 2 N–H and O–H groups in total. The number of ether oxygens (including phenoxy) is 1. The lowest BCUT2D eigenvalue weighted by Crippen LogP contribution is -2.93. The lowest BCUT2D eigenvalue weighted by molar-refractivity contribution is -0.689. The number of hydrogen-bond donors (Lipinski definition) is 1. The zero-order valence-corrected chi connectivity index (χ0v) is 14.8. The Morgan fingerprint density at radius 2 is 1.74 bits per heavy atom. The zero-order chi connectivity index (χ0) is 16.8. The van der Waals surface area contributed by atoms with Gasteiger partial charge in [-0.05, 0) is 32.1 Å². The van der Waals surface area contributed by atoms with Crippen molar-refractivity contribution < 1.29 is 19.6 Å². The van der Waals surface area contributed by atoms with Gasteiger partial charge >= 0.3 is 6.09 Å². The summed E-state index contributed by atoms with van der Waals surface area (Å²) in [6, 6.07) is 0.573. The molecular weight excluding hydrogens is 294 g/mol. The number of piperazine rings is 1. The van der Waals surface area contributed by atoms with Crippen molar-refractivity contribution in [3.8, 4) is 0 Å². The zero-order valence-electron chi connectivity index (χ0n) is 14.8. The van der Waals surface area contributed by atoms with Crippen LogP contribution in [0.25, 0.3) is 0 Å². The molecule has 3 atom stereocenters. The van der Waals surface area contributed by atoms with Crippen LogP contribution >= 0.6 is 0 Å². The summed E-state index contributed by atoms with van der Waals surface area (Å²) in [7, 11) is 0. The molecule has 2 rings (SSSR count). The van der Waals surface area contributed by atoms with Crippen molar-refractivity contribution in [2.45, 2.75) is 46.1 Å². The highest BCUT2D eigenvalue weighted by Gasteiger charge is 2.31. The lowest BCUT2D eigenvalue weighted by Gasteiger charge is -2.35. The van der Waals surface area contributed by atoms with Gasteiger partial charge in [0.2, 0.25) is 0 Å². The van der Waals surface area contributed by atoms with Gasteiger partial charge in [0.25, 0.3) is 5.91 Å². The third kappa shape index (κ3) is 4.83. The van der Waals surface area contributed by atoms with Crippen LogP contribution in [0, 0.1) is 11.8 Å². The average molecular weight is 326 g/mol. The Morgan fingerprint density at radius 1 is 1.09 bits per heavy atom. The Kier molecular flexibility index (Phi) is 6.69. The van der Waals surface area contributed by atoms with Gasteiger partial charge in [0.05, 0.1) is 12.6 Å². The number of nitrogens with zero attached hydrogens (tertiary/aromatic N) is 2. The molecule has 0 aromatic heterocycles. The SMILES string of the molecule is CCOC(=O)N1CCN(C(=O)C[NH2+][C@@H]2CCC[C@H](C)[C@H]2C)CC1. The van der Waals surface area contributed by atoms with E-state index >= 15 is 0 Å². The summed E-state index contributed by atoms with van der Waals surface area (Å²) in [5, 5.41) is 2.24. The van der Waals surface area contributed by atoms with Crippen LogP contribution < -0.4 is 5.32 Å². The molecule has 2 aliphatic rings. The van der Waals surface area contributed by atoms with E-state index in [1.165, 1.54) is 19.3 Å². The molecule has 0 aromatic carbocycles. The quantitative estimate of drug-likeness (QED) is 0.826. The number of amides is 2. The molecule has 6 nitrogen and oxygen atoms in total. The third-order valence-electron chi connectivity index (χ3n) is 5.52. The number of carbonyl (C=O) groups excluding carboxylic acids is 2. The van der Waals surface area contributed by atoms with Crippen LogP contribution in [-0.4, -0.2) is 67.2 Å². The van der Waals surface area contributed by atoms with Gasteiger partial charge in [-0.15, -0.1) is 0 Å². The molecule has 6 heteroatoms. The molecule has 23 heavy (non-hydrogen) atoms. The van der Waals surface area contributed by atoms with Crippen molar-refractivity contribution >= 4 is 12.0 Å². The summed E-state index contributed by atoms with van der Waals surface area (Å²) in [6.07, 6.45) is 3.54. The van der Waals surface area contributed by atoms with Gasteiger partial charge in [0.15, 0.2) is 6.54 Å². The highest BCUT2D eigenvalue weighted by atomic mass is 16.6. The van der Waals surface area contributed by atoms with Crippen molar-refractivity contribution in [2.75, 3.05) is 39.3 Å². The fraction of sp³-hybridized carbons (Fsp3) is 0.882. The van der Waals surface area contributed by atoms with Crippen molar-refractivity contribution in [1.29, 1.82) is 0 Å². The summed E-state index contributed by atoms with van der Waals surface area (Å²) in [6.45, 7) is 9.73. The largest absolute Gasteiger partial charge is 0.450 e. The van der Waals surface area contributed by atoms with E-state index in [1.54, 1.807) is 11.8 Å². The fourth-order valence-corrected chi connectivity index (χ4v) is 3.69. The fourth-order valence-electron chi connectivity index (χ4n) is 3.69. The van der Waals surface area contributed by atoms with Gasteiger partial charge in [-0.3, -0.25) is 4.79 Å². The molecule has 1 saturated carbocycles. The summed E-state index contributed by atoms with van der Waals surface area (Å²) in [5.41, 5.74) is 0. The molecule has 132 valence electrons. The van der Waals surface area contributed by atoms with Gasteiger partial charge < -0.3 is 19.9 Å². The maximum Gasteiger partial charge on any atom is 0.409 e. The first kappa shape index (κ1) is 18.0. The van der Waals surface area contributed by atoms with E-state index in [1.807, 2.05) is 4.90 Å². The van der Waals surface area contributed by atoms with E-state index in [9.17, 15) is 9.59 Å². The molecular formula is C17H32N3O3+. The summed E-state index contributed by atoms with van der Waals surface area (Å²) in [4.78, 5) is 27.6. The van der Waals surface area contributed by atoms with Gasteiger partial charge in [0.1, 0.15) is 0 Å². The van der Waals surface area contributed by atoms with E-state index in [0.717, 1.165) is 5.92 Å². The van der Waals surface area contributed by atoms with Crippen molar-refractivity contribution in [2.24, 2.45) is 11.8 Å². The molecule has 0 radical (unpaired) electrons. The number of carbonyl (C=O) groups is 2. The molecule has 2 fully saturated rings. The first-order valence-electron chi connectivity index (χ1n) is 9.05. The minimum absolute atomic E-state index is 0.193. The maximum atomic E-state index is 12.4. The minimum atomic E-state index is -0.267. The monoisotopic (exact) mass is 326 g/mol. The topological polar surface area (TPSA) is 66.5 Å². The van der Waals surface area contributed by atoms with E-state index in [0.29, 0.717) is 51.3 Å². The molecule has 1 aliphatic carbocycles. The van der Waals surface area contributed by atoms with E-state index in [4.69, 9.17) is 4.74 Å². The Morgan fingerprint density at radius 3 is 2.39 bits per heavy atom. The molecule has 1 aliphatic heterocycles. The van der Waals surface area contributed by atoms with E-state index in [2.05, 4.69) is 19.2 Å². The highest BCUT2D eigenvalue weighted by Crippen LogP contribution is 2.27. The highest BCUT2D eigenvalue weighted by molar-refractivity contribution is 5.77. The van der Waals surface area contributed by atoms with Crippen molar-refractivity contribution in [3.05, 3.63) is 0 Å². The molecule has 2 amide bonds. The van der Waals surface area contributed by atoms with Crippen LogP contribution in [0.5, 0.6) is 0 Å². The number of hydrogen-bond acceptors (Lipinski definition) is 3. The second-order valence-corrected chi connectivity index (χ2v) is 6.94. The van der Waals surface area contributed by atoms with Crippen LogP contribution in [-0.2, 0) is 9.53 Å². The van der Waals surface area contributed by atoms with Crippen LogP contribution in [0.3, 0.4) is 0 Å². The lowest BCUT2D eigenvalue weighted by atomic mass is 9.78. The number of rotatable bonds is 4. The standard InChI is InChI=1S/C17H31N3O3/c1-4-23-17(22)20-10-8-19(9-11-20)16(21)12-18-15-7-5-6-13(2)14(15)3/h13-15,18H,4-12H2,1-3H3/p+1/t13-,14+,15+/m0/s1. The normalized spacial score (nSPS) is 28.6. The summed E-state index contributed by atoms with van der Waals surface area (Å²) < 4.78 is 5.00. The van der Waals surface area contributed by atoms with Crippen LogP contribution in [0.4, 0.5) is 4.79 Å². The number of quaternary nitrogens is 1. The summed E-state index contributed by atoms with van der Waals surface area (Å²) >= 11 is 0. The van der Waals surface area contributed by atoms with Crippen molar-refractivity contribution in [3.63, 3.8) is 0 Å². The van der Waals surface area contributed by atoms with E-state index in [-0.39, 0.29) is 12.0 Å². The Balaban J connectivity index is 1.72. The van der Waals surface area contributed by atoms with Gasteiger partial charge in [-0.1, -0.05) is 13.8 Å². The second-order valence-electron chi connectivity index (χ2n) is 6.94. The molecule has 0 bridgehead atoms. The minimum Gasteiger partial charge on any atom is -0.450 e. The molecule has 0 unspecified atom stereocenters. The third-order valence-corrected chi connectivity index (χ3v) is 5.52. The molecule has 0 spiro atoms. The Hall–Kier alpha value is -1.30. The average Bonchev–Trinajstić information content (AvgIpc) is 2.56. The van der Waals surface area contributed by atoms with Crippen molar-refractivity contribution in [1.82, 2.24) is 9.80 Å². The predicted molar refractivity (Wildman–Crippen MR) is 87.9 cm³/mol. The smallest absolute Gasteiger partial charge is 0.409 e. The Labute approximate surface area is 139 Å². The first-order chi connectivity index (χ1) is 11.0. The van der Waals surface area contributed by atoms with Gasteiger partial charge in [0, 0.05) is 32.1 Å². The van der Waals surface area contributed by atoms with Crippen LogP contribution in [0.1, 0.15) is 40.0 Å². The Bertz CT molecular complexity index is 408. The molecule has 1 saturated heterocycles. The van der Waals surface area contributed by atoms with E-state index < -0.39 is 0 Å². The number of nitrogens with two attached hydrogens (primary N) is 1. The first-order valence-corrected chi connectivity index (χ1v) is 9.05. The molecule has 0 aromatic rings. The summed E-state index contributed by atoms with van der Waals surface area (Å²) in [5.74, 6) is 1.63. The van der Waals surface area contributed by atoms with Crippen LogP contribution in [0.2, 0.25) is 0 Å². The molecule has 1 heterocycles. The second kappa shape index (κ2) is 8.52. The van der Waals surface area contributed by atoms with Gasteiger partial charge in [-0.2, -0.15) is 0 Å². The van der Waals surface area contributed by atoms with Crippen LogP contribution in [0.15, 0.2) is 0 Å². The predicted octanol–water partition coefficient (Wildman–Crippen LogP) is 0.675. The van der Waals surface area contributed by atoms with Gasteiger partial charge in [-0.25, -0.2) is 4.79 Å². The maximum absolute atomic E-state index is 12.4.